The van der Waals surface area contributed by atoms with Crippen LogP contribution < -0.4 is 0 Å². The third-order valence-corrected chi connectivity index (χ3v) is 3.12. The van der Waals surface area contributed by atoms with Crippen molar-refractivity contribution >= 4 is 5.91 Å². The standard InChI is InChI=1S/C9H15NO.C2H6.CH4O/c1-7(11)10-6-8-2-4-9(10)5-3-8;2*1-2/h8-9H,2-6H2,1H3;1-2H3;2H,1H3. The molecular formula is C12H25NO2. The number of rotatable bonds is 0. The predicted octanol–water partition coefficient (Wildman–Crippen LogP) is 2.04. The Balaban J connectivity index is 0.000000442. The van der Waals surface area contributed by atoms with Crippen molar-refractivity contribution in [1.29, 1.82) is 0 Å². The van der Waals surface area contributed by atoms with Gasteiger partial charge in [-0.25, -0.2) is 0 Å². The lowest BCUT2D eigenvalue weighted by Crippen LogP contribution is -2.49. The molecule has 2 aliphatic heterocycles. The summed E-state index contributed by atoms with van der Waals surface area (Å²) in [6, 6.07) is 0.595. The summed E-state index contributed by atoms with van der Waals surface area (Å²) in [6.07, 6.45) is 5.22. The maximum Gasteiger partial charge on any atom is 0.219 e. The van der Waals surface area contributed by atoms with Gasteiger partial charge in [0.2, 0.25) is 5.91 Å². The average molecular weight is 215 g/mol. The van der Waals surface area contributed by atoms with Gasteiger partial charge < -0.3 is 10.0 Å². The summed E-state index contributed by atoms with van der Waals surface area (Å²) in [5, 5.41) is 7.00. The SMILES string of the molecule is CC.CC(=O)N1CC2CCC1CC2.CO. The molecule has 3 fully saturated rings. The molecule has 1 amide bonds. The summed E-state index contributed by atoms with van der Waals surface area (Å²) in [7, 11) is 1.00. The van der Waals surface area contributed by atoms with Crippen molar-refractivity contribution in [3.63, 3.8) is 0 Å². The molecule has 3 heteroatoms. The zero-order chi connectivity index (χ0) is 11.8. The summed E-state index contributed by atoms with van der Waals surface area (Å²) in [5.74, 6) is 1.10. The fourth-order valence-electron chi connectivity index (χ4n) is 2.45. The highest BCUT2D eigenvalue weighted by Gasteiger charge is 2.34. The maximum absolute atomic E-state index is 11.1. The first-order valence-electron chi connectivity index (χ1n) is 5.99. The summed E-state index contributed by atoms with van der Waals surface area (Å²) >= 11 is 0. The first kappa shape index (κ1) is 14.4. The van der Waals surface area contributed by atoms with E-state index in [9.17, 15) is 4.79 Å². The molecule has 2 saturated heterocycles. The molecule has 1 aliphatic carbocycles. The van der Waals surface area contributed by atoms with Gasteiger partial charge in [-0.3, -0.25) is 4.79 Å². The van der Waals surface area contributed by atoms with Gasteiger partial charge in [0.15, 0.2) is 0 Å². The molecule has 2 heterocycles. The van der Waals surface area contributed by atoms with Crippen LogP contribution in [-0.2, 0) is 4.79 Å². The summed E-state index contributed by atoms with van der Waals surface area (Å²) < 4.78 is 0. The van der Waals surface area contributed by atoms with E-state index < -0.39 is 0 Å². The summed E-state index contributed by atoms with van der Waals surface area (Å²) in [6.45, 7) is 6.74. The van der Waals surface area contributed by atoms with Gasteiger partial charge in [-0.1, -0.05) is 13.8 Å². The van der Waals surface area contributed by atoms with Crippen molar-refractivity contribution in [3.05, 3.63) is 0 Å². The second-order valence-electron chi connectivity index (χ2n) is 3.85. The monoisotopic (exact) mass is 215 g/mol. The maximum atomic E-state index is 11.1. The van der Waals surface area contributed by atoms with E-state index in [-0.39, 0.29) is 5.91 Å². The molecule has 1 saturated carbocycles. The molecule has 0 atom stereocenters. The number of hydrogen-bond acceptors (Lipinski definition) is 2. The van der Waals surface area contributed by atoms with E-state index in [1.807, 2.05) is 13.8 Å². The van der Waals surface area contributed by atoms with Crippen LogP contribution in [-0.4, -0.2) is 35.6 Å². The lowest BCUT2D eigenvalue weighted by atomic mass is 9.80. The first-order valence-corrected chi connectivity index (χ1v) is 5.99. The number of aliphatic hydroxyl groups is 1. The van der Waals surface area contributed by atoms with E-state index in [0.717, 1.165) is 19.6 Å². The first-order chi connectivity index (χ1) is 7.27. The van der Waals surface area contributed by atoms with Crippen LogP contribution in [0.1, 0.15) is 46.5 Å². The highest BCUT2D eigenvalue weighted by molar-refractivity contribution is 5.73. The summed E-state index contributed by atoms with van der Waals surface area (Å²) in [4.78, 5) is 13.2. The van der Waals surface area contributed by atoms with Crippen LogP contribution in [0.3, 0.4) is 0 Å². The smallest absolute Gasteiger partial charge is 0.219 e. The van der Waals surface area contributed by atoms with Gasteiger partial charge in [0.05, 0.1) is 0 Å². The van der Waals surface area contributed by atoms with Crippen molar-refractivity contribution in [3.8, 4) is 0 Å². The van der Waals surface area contributed by atoms with Crippen molar-refractivity contribution in [2.45, 2.75) is 52.5 Å². The second kappa shape index (κ2) is 7.69. The normalized spacial score (nSPS) is 27.1. The van der Waals surface area contributed by atoms with Crippen molar-refractivity contribution in [2.75, 3.05) is 13.7 Å². The van der Waals surface area contributed by atoms with Crippen LogP contribution in [0, 0.1) is 5.92 Å². The number of hydrogen-bond donors (Lipinski definition) is 1. The molecule has 0 spiro atoms. The van der Waals surface area contributed by atoms with Gasteiger partial charge in [0, 0.05) is 26.6 Å². The molecule has 0 radical (unpaired) electrons. The second-order valence-corrected chi connectivity index (χ2v) is 3.85. The zero-order valence-electron chi connectivity index (χ0n) is 10.5. The van der Waals surface area contributed by atoms with E-state index in [1.165, 1.54) is 25.7 Å². The number of fused-ring (bicyclic) bond motifs is 3. The van der Waals surface area contributed by atoms with E-state index in [2.05, 4.69) is 4.90 Å². The van der Waals surface area contributed by atoms with E-state index >= 15 is 0 Å². The van der Waals surface area contributed by atoms with Gasteiger partial charge in [-0.15, -0.1) is 0 Å². The van der Waals surface area contributed by atoms with Crippen LogP contribution in [0.15, 0.2) is 0 Å². The van der Waals surface area contributed by atoms with E-state index in [4.69, 9.17) is 5.11 Å². The number of aliphatic hydroxyl groups excluding tert-OH is 1. The quantitative estimate of drug-likeness (QED) is 0.672. The Kier molecular flexibility index (Phi) is 7.39. The number of nitrogens with zero attached hydrogens (tertiary/aromatic N) is 1. The molecule has 3 nitrogen and oxygen atoms in total. The Hall–Kier alpha value is -0.570. The predicted molar refractivity (Wildman–Crippen MR) is 62.6 cm³/mol. The van der Waals surface area contributed by atoms with Crippen LogP contribution in [0.25, 0.3) is 0 Å². The highest BCUT2D eigenvalue weighted by Crippen LogP contribution is 2.34. The Morgan fingerprint density at radius 2 is 1.60 bits per heavy atom. The van der Waals surface area contributed by atoms with E-state index in [0.29, 0.717) is 6.04 Å². The van der Waals surface area contributed by atoms with Crippen molar-refractivity contribution in [2.24, 2.45) is 5.92 Å². The van der Waals surface area contributed by atoms with Crippen LogP contribution in [0.5, 0.6) is 0 Å². The molecule has 15 heavy (non-hydrogen) atoms. The van der Waals surface area contributed by atoms with Gasteiger partial charge in [-0.2, -0.15) is 0 Å². The molecule has 0 unspecified atom stereocenters. The molecule has 1 N–H and O–H groups in total. The fraction of sp³-hybridized carbons (Fsp3) is 0.917. The Morgan fingerprint density at radius 3 is 1.80 bits per heavy atom. The van der Waals surface area contributed by atoms with Crippen LogP contribution >= 0.6 is 0 Å². The minimum atomic E-state index is 0.277. The molecule has 90 valence electrons. The molecule has 3 aliphatic rings. The Morgan fingerprint density at radius 1 is 1.13 bits per heavy atom. The molecule has 0 aromatic heterocycles. The van der Waals surface area contributed by atoms with Gasteiger partial charge in [-0.05, 0) is 31.6 Å². The largest absolute Gasteiger partial charge is 0.400 e. The summed E-state index contributed by atoms with van der Waals surface area (Å²) in [5.41, 5.74) is 0. The molecule has 0 aromatic rings. The highest BCUT2D eigenvalue weighted by atomic mass is 16.2. The van der Waals surface area contributed by atoms with Gasteiger partial charge in [0.1, 0.15) is 0 Å². The molecular weight excluding hydrogens is 190 g/mol. The number of carbonyl (C=O) groups is 1. The zero-order valence-corrected chi connectivity index (χ0v) is 10.5. The topological polar surface area (TPSA) is 40.5 Å². The van der Waals surface area contributed by atoms with Crippen LogP contribution in [0.2, 0.25) is 0 Å². The number of carbonyl (C=O) groups excluding carboxylic acids is 1. The Labute approximate surface area is 93.5 Å². The number of piperidine rings is 2. The lowest BCUT2D eigenvalue weighted by molar-refractivity contribution is -0.136. The Bertz CT molecular complexity index is 174. The third-order valence-electron chi connectivity index (χ3n) is 3.12. The molecule has 0 aromatic carbocycles. The fourth-order valence-corrected chi connectivity index (χ4v) is 2.45. The molecule has 3 rings (SSSR count). The third kappa shape index (κ3) is 3.82. The molecule has 2 bridgehead atoms. The minimum Gasteiger partial charge on any atom is -0.400 e. The van der Waals surface area contributed by atoms with Crippen molar-refractivity contribution < 1.29 is 9.90 Å². The average Bonchev–Trinajstić information content (AvgIpc) is 2.35. The van der Waals surface area contributed by atoms with E-state index in [1.54, 1.807) is 6.92 Å². The van der Waals surface area contributed by atoms with Crippen molar-refractivity contribution in [1.82, 2.24) is 4.90 Å². The van der Waals surface area contributed by atoms with Gasteiger partial charge in [0.25, 0.3) is 0 Å². The van der Waals surface area contributed by atoms with Crippen LogP contribution in [0.4, 0.5) is 0 Å². The van der Waals surface area contributed by atoms with Gasteiger partial charge >= 0.3 is 0 Å². The number of amides is 1. The minimum absolute atomic E-state index is 0.277. The lowest BCUT2D eigenvalue weighted by Gasteiger charge is -2.44.